The summed E-state index contributed by atoms with van der Waals surface area (Å²) in [6, 6.07) is 1.84. The number of hydrogen-bond donors (Lipinski definition) is 0. The van der Waals surface area contributed by atoms with E-state index in [2.05, 4.69) is 35.9 Å². The molecule has 1 saturated heterocycles. The third-order valence-corrected chi connectivity index (χ3v) is 2.73. The third-order valence-electron chi connectivity index (χ3n) is 2.54. The highest BCUT2D eigenvalue weighted by atomic mass is 35.5. The molecular formula is C11H16ClN3O. The molecule has 1 aliphatic rings. The number of anilines is 1. The van der Waals surface area contributed by atoms with Gasteiger partial charge in [-0.3, -0.25) is 0 Å². The fraction of sp³-hybridized carbons (Fsp3) is 0.636. The Morgan fingerprint density at radius 1 is 1.56 bits per heavy atom. The van der Waals surface area contributed by atoms with E-state index in [0.29, 0.717) is 5.15 Å². The number of morpholine rings is 1. The summed E-state index contributed by atoms with van der Waals surface area (Å²) in [5, 5.41) is 8.04. The van der Waals surface area contributed by atoms with Crippen LogP contribution in [0.5, 0.6) is 0 Å². The van der Waals surface area contributed by atoms with Crippen molar-refractivity contribution in [3.63, 3.8) is 0 Å². The smallest absolute Gasteiger partial charge is 0.153 e. The van der Waals surface area contributed by atoms with E-state index in [1.807, 2.05) is 6.07 Å². The van der Waals surface area contributed by atoms with Crippen LogP contribution < -0.4 is 4.90 Å². The van der Waals surface area contributed by atoms with E-state index >= 15 is 0 Å². The molecule has 0 aromatic carbocycles. The largest absolute Gasteiger partial charge is 0.369 e. The first-order valence-electron chi connectivity index (χ1n) is 5.37. The minimum absolute atomic E-state index is 0.145. The van der Waals surface area contributed by atoms with Gasteiger partial charge < -0.3 is 9.64 Å². The molecule has 0 bridgehead atoms. The van der Waals surface area contributed by atoms with Crippen LogP contribution >= 0.6 is 11.6 Å². The quantitative estimate of drug-likeness (QED) is 0.755. The fourth-order valence-electron chi connectivity index (χ4n) is 2.15. The lowest BCUT2D eigenvalue weighted by Crippen LogP contribution is -2.52. The topological polar surface area (TPSA) is 38.2 Å². The van der Waals surface area contributed by atoms with Gasteiger partial charge in [-0.1, -0.05) is 11.6 Å². The maximum absolute atomic E-state index is 5.84. The third kappa shape index (κ3) is 2.62. The summed E-state index contributed by atoms with van der Waals surface area (Å²) < 4.78 is 5.84. The minimum Gasteiger partial charge on any atom is -0.369 e. The lowest BCUT2D eigenvalue weighted by molar-refractivity contribution is -0.0749. The molecular weight excluding hydrogens is 226 g/mol. The van der Waals surface area contributed by atoms with Crippen LogP contribution in [0.4, 0.5) is 5.69 Å². The number of aromatic nitrogens is 2. The molecule has 1 aliphatic heterocycles. The van der Waals surface area contributed by atoms with Gasteiger partial charge in [-0.05, 0) is 20.8 Å². The summed E-state index contributed by atoms with van der Waals surface area (Å²) in [5.74, 6) is 0. The van der Waals surface area contributed by atoms with Crippen molar-refractivity contribution in [3.8, 4) is 0 Å². The molecule has 2 heterocycles. The number of nitrogens with zero attached hydrogens (tertiary/aromatic N) is 3. The van der Waals surface area contributed by atoms with Gasteiger partial charge in [-0.15, -0.1) is 5.10 Å². The molecule has 88 valence electrons. The standard InChI is InChI=1S/C11H16ClN3O/c1-8-6-15(7-11(2,3)16-8)9-4-10(12)14-13-5-9/h4-5,8H,6-7H2,1-3H3. The van der Waals surface area contributed by atoms with E-state index in [1.54, 1.807) is 6.20 Å². The molecule has 1 fully saturated rings. The molecule has 0 N–H and O–H groups in total. The van der Waals surface area contributed by atoms with E-state index in [1.165, 1.54) is 0 Å². The summed E-state index contributed by atoms with van der Waals surface area (Å²) in [4.78, 5) is 2.23. The molecule has 0 saturated carbocycles. The van der Waals surface area contributed by atoms with Crippen LogP contribution in [0.3, 0.4) is 0 Å². The average Bonchev–Trinajstić information content (AvgIpc) is 2.14. The van der Waals surface area contributed by atoms with E-state index in [4.69, 9.17) is 16.3 Å². The molecule has 1 aromatic heterocycles. The van der Waals surface area contributed by atoms with Crippen LogP contribution in [-0.2, 0) is 4.74 Å². The Kier molecular flexibility index (Phi) is 3.04. The van der Waals surface area contributed by atoms with Crippen molar-refractivity contribution in [2.75, 3.05) is 18.0 Å². The van der Waals surface area contributed by atoms with Gasteiger partial charge in [-0.2, -0.15) is 5.10 Å². The fourth-order valence-corrected chi connectivity index (χ4v) is 2.31. The predicted molar refractivity (Wildman–Crippen MR) is 63.9 cm³/mol. The summed E-state index contributed by atoms with van der Waals surface area (Å²) in [6.07, 6.45) is 1.94. The van der Waals surface area contributed by atoms with Crippen LogP contribution in [0, 0.1) is 0 Å². The molecule has 16 heavy (non-hydrogen) atoms. The van der Waals surface area contributed by atoms with Gasteiger partial charge in [0.1, 0.15) is 0 Å². The first-order chi connectivity index (χ1) is 7.46. The lowest BCUT2D eigenvalue weighted by atomic mass is 10.1. The SMILES string of the molecule is CC1CN(c2cnnc(Cl)c2)CC(C)(C)O1. The second kappa shape index (κ2) is 4.18. The number of ether oxygens (including phenoxy) is 1. The van der Waals surface area contributed by atoms with Crippen molar-refractivity contribution in [3.05, 3.63) is 17.4 Å². The first kappa shape index (κ1) is 11.6. The second-order valence-electron chi connectivity index (χ2n) is 4.81. The van der Waals surface area contributed by atoms with Crippen molar-refractivity contribution in [1.29, 1.82) is 0 Å². The van der Waals surface area contributed by atoms with Gasteiger partial charge in [0.05, 0.1) is 23.6 Å². The molecule has 5 heteroatoms. The molecule has 4 nitrogen and oxygen atoms in total. The van der Waals surface area contributed by atoms with Crippen LogP contribution in [-0.4, -0.2) is 35.0 Å². The van der Waals surface area contributed by atoms with Crippen molar-refractivity contribution >= 4 is 17.3 Å². The van der Waals surface area contributed by atoms with E-state index in [0.717, 1.165) is 18.8 Å². The zero-order valence-electron chi connectivity index (χ0n) is 9.77. The van der Waals surface area contributed by atoms with Gasteiger partial charge in [0.2, 0.25) is 0 Å². The van der Waals surface area contributed by atoms with E-state index in [9.17, 15) is 0 Å². The summed E-state index contributed by atoms with van der Waals surface area (Å²) in [7, 11) is 0. The summed E-state index contributed by atoms with van der Waals surface area (Å²) in [6.45, 7) is 7.94. The van der Waals surface area contributed by atoms with Crippen LogP contribution in [0.25, 0.3) is 0 Å². The first-order valence-corrected chi connectivity index (χ1v) is 5.75. The maximum Gasteiger partial charge on any atom is 0.153 e. The lowest BCUT2D eigenvalue weighted by Gasteiger charge is -2.42. The van der Waals surface area contributed by atoms with Crippen LogP contribution in [0.1, 0.15) is 20.8 Å². The highest BCUT2D eigenvalue weighted by molar-refractivity contribution is 6.29. The Labute approximate surface area is 101 Å². The number of halogens is 1. The molecule has 0 radical (unpaired) electrons. The van der Waals surface area contributed by atoms with Gasteiger partial charge in [0, 0.05) is 19.2 Å². The van der Waals surface area contributed by atoms with Crippen LogP contribution in [0.2, 0.25) is 5.15 Å². The van der Waals surface area contributed by atoms with Crippen molar-refractivity contribution in [2.24, 2.45) is 0 Å². The van der Waals surface area contributed by atoms with E-state index < -0.39 is 0 Å². The highest BCUT2D eigenvalue weighted by Crippen LogP contribution is 2.26. The zero-order chi connectivity index (χ0) is 11.8. The minimum atomic E-state index is -0.145. The number of rotatable bonds is 1. The molecule has 2 rings (SSSR count). The highest BCUT2D eigenvalue weighted by Gasteiger charge is 2.31. The van der Waals surface area contributed by atoms with Gasteiger partial charge in [0.25, 0.3) is 0 Å². The molecule has 1 unspecified atom stereocenters. The molecule has 0 amide bonds. The van der Waals surface area contributed by atoms with Gasteiger partial charge >= 0.3 is 0 Å². The normalized spacial score (nSPS) is 24.5. The zero-order valence-corrected chi connectivity index (χ0v) is 10.5. The average molecular weight is 242 g/mol. The Balaban J connectivity index is 2.21. The monoisotopic (exact) mass is 241 g/mol. The van der Waals surface area contributed by atoms with Gasteiger partial charge in [-0.25, -0.2) is 0 Å². The Morgan fingerprint density at radius 2 is 2.31 bits per heavy atom. The van der Waals surface area contributed by atoms with Crippen molar-refractivity contribution < 1.29 is 4.74 Å². The predicted octanol–water partition coefficient (Wildman–Crippen LogP) is 2.13. The Hall–Kier alpha value is -0.870. The number of hydrogen-bond acceptors (Lipinski definition) is 4. The second-order valence-corrected chi connectivity index (χ2v) is 5.19. The molecule has 0 aliphatic carbocycles. The molecule has 1 atom stereocenters. The molecule has 1 aromatic rings. The Bertz CT molecular complexity index is 383. The van der Waals surface area contributed by atoms with E-state index in [-0.39, 0.29) is 11.7 Å². The van der Waals surface area contributed by atoms with Crippen molar-refractivity contribution in [1.82, 2.24) is 10.2 Å². The van der Waals surface area contributed by atoms with Gasteiger partial charge in [0.15, 0.2) is 5.15 Å². The maximum atomic E-state index is 5.84. The van der Waals surface area contributed by atoms with Crippen molar-refractivity contribution in [2.45, 2.75) is 32.5 Å². The van der Waals surface area contributed by atoms with Crippen LogP contribution in [0.15, 0.2) is 12.3 Å². The molecule has 0 spiro atoms. The Morgan fingerprint density at radius 3 is 2.94 bits per heavy atom. The summed E-state index contributed by atoms with van der Waals surface area (Å²) >= 11 is 5.84. The summed E-state index contributed by atoms with van der Waals surface area (Å²) in [5.41, 5.74) is 0.858.